The fourth-order valence-corrected chi connectivity index (χ4v) is 3.71. The summed E-state index contributed by atoms with van der Waals surface area (Å²) in [5.41, 5.74) is 2.16. The lowest BCUT2D eigenvalue weighted by atomic mass is 10.1. The van der Waals surface area contributed by atoms with Gasteiger partial charge in [-0.05, 0) is 25.3 Å². The van der Waals surface area contributed by atoms with Gasteiger partial charge in [0.2, 0.25) is 5.75 Å². The number of guanidine groups is 1. The largest absolute Gasteiger partial charge is 0.493 e. The predicted octanol–water partition coefficient (Wildman–Crippen LogP) is 3.59. The number of hydrogen-bond acceptors (Lipinski definition) is 6. The number of aromatic nitrogens is 1. The Balaban J connectivity index is 2.01. The molecular formula is C21H32N4O3S. The Morgan fingerprint density at radius 3 is 2.45 bits per heavy atom. The van der Waals surface area contributed by atoms with E-state index in [0.717, 1.165) is 35.2 Å². The fraction of sp³-hybridized carbons (Fsp3) is 0.524. The molecule has 0 unspecified atom stereocenters. The lowest BCUT2D eigenvalue weighted by molar-refractivity contribution is 0.322. The molecule has 0 saturated heterocycles. The van der Waals surface area contributed by atoms with Gasteiger partial charge in [-0.2, -0.15) is 0 Å². The molecule has 0 aliphatic rings. The summed E-state index contributed by atoms with van der Waals surface area (Å²) in [6, 6.07) is 3.89. The number of ether oxygens (including phenoxy) is 3. The molecule has 0 bridgehead atoms. The number of methoxy groups -OCH3 is 3. The van der Waals surface area contributed by atoms with Crippen LogP contribution in [0, 0.1) is 0 Å². The summed E-state index contributed by atoms with van der Waals surface area (Å²) in [7, 11) is 4.87. The van der Waals surface area contributed by atoms with Crippen LogP contribution in [0.15, 0.2) is 22.5 Å². The fourth-order valence-electron chi connectivity index (χ4n) is 2.83. The molecule has 0 radical (unpaired) electrons. The summed E-state index contributed by atoms with van der Waals surface area (Å²) in [5.74, 6) is 3.16. The van der Waals surface area contributed by atoms with Gasteiger partial charge in [0.05, 0.1) is 33.6 Å². The smallest absolute Gasteiger partial charge is 0.203 e. The molecule has 0 aliphatic heterocycles. The van der Waals surface area contributed by atoms with Gasteiger partial charge in [-0.1, -0.05) is 19.9 Å². The topological polar surface area (TPSA) is 77.0 Å². The molecule has 1 aromatic heterocycles. The van der Waals surface area contributed by atoms with Crippen LogP contribution in [0.5, 0.6) is 17.2 Å². The highest BCUT2D eigenvalue weighted by molar-refractivity contribution is 7.09. The molecule has 2 rings (SSSR count). The van der Waals surface area contributed by atoms with Crippen LogP contribution in [0.1, 0.15) is 43.0 Å². The molecule has 1 aromatic carbocycles. The van der Waals surface area contributed by atoms with E-state index >= 15 is 0 Å². The first kappa shape index (κ1) is 22.8. The lowest BCUT2D eigenvalue weighted by Crippen LogP contribution is -2.38. The maximum absolute atomic E-state index is 5.56. The van der Waals surface area contributed by atoms with E-state index in [1.165, 1.54) is 0 Å². The van der Waals surface area contributed by atoms with Gasteiger partial charge in [0.15, 0.2) is 17.5 Å². The highest BCUT2D eigenvalue weighted by Crippen LogP contribution is 2.39. The summed E-state index contributed by atoms with van der Waals surface area (Å²) in [6.45, 7) is 8.40. The van der Waals surface area contributed by atoms with Crippen molar-refractivity contribution < 1.29 is 14.2 Å². The van der Waals surface area contributed by atoms with E-state index in [0.29, 0.717) is 36.3 Å². The number of nitrogens with zero attached hydrogens (tertiary/aromatic N) is 2. The molecule has 0 amide bonds. The molecule has 29 heavy (non-hydrogen) atoms. The predicted molar refractivity (Wildman–Crippen MR) is 119 cm³/mol. The summed E-state index contributed by atoms with van der Waals surface area (Å²) >= 11 is 1.66. The Hall–Kier alpha value is -2.48. The van der Waals surface area contributed by atoms with Gasteiger partial charge in [-0.25, -0.2) is 9.98 Å². The van der Waals surface area contributed by atoms with E-state index in [4.69, 9.17) is 14.2 Å². The highest BCUT2D eigenvalue weighted by atomic mass is 32.1. The lowest BCUT2D eigenvalue weighted by Gasteiger charge is -2.16. The summed E-state index contributed by atoms with van der Waals surface area (Å²) in [4.78, 5) is 9.30. The Bertz CT molecular complexity index is 805. The van der Waals surface area contributed by atoms with Crippen molar-refractivity contribution in [3.05, 3.63) is 33.8 Å². The van der Waals surface area contributed by atoms with Crippen molar-refractivity contribution in [3.63, 3.8) is 0 Å². The van der Waals surface area contributed by atoms with E-state index in [1.807, 2.05) is 12.1 Å². The number of thiazole rings is 1. The molecule has 1 heterocycles. The van der Waals surface area contributed by atoms with E-state index in [1.54, 1.807) is 32.7 Å². The van der Waals surface area contributed by atoms with E-state index in [-0.39, 0.29) is 0 Å². The van der Waals surface area contributed by atoms with Gasteiger partial charge in [-0.3, -0.25) is 0 Å². The number of nitrogens with one attached hydrogen (secondary N) is 2. The van der Waals surface area contributed by atoms with Crippen LogP contribution in [-0.2, 0) is 13.0 Å². The number of benzene rings is 1. The molecule has 0 spiro atoms. The second kappa shape index (κ2) is 11.5. The molecule has 7 nitrogen and oxygen atoms in total. The SMILES string of the molecule is CCNC(=NCc1nc(C(C)C)cs1)NCCc1ccc(OC)c(OC)c1OC. The summed E-state index contributed by atoms with van der Waals surface area (Å²) in [6.07, 6.45) is 0.753. The van der Waals surface area contributed by atoms with Gasteiger partial charge < -0.3 is 24.8 Å². The quantitative estimate of drug-likeness (QED) is 0.452. The molecule has 0 aliphatic carbocycles. The molecule has 2 N–H and O–H groups in total. The third kappa shape index (κ3) is 6.25. The van der Waals surface area contributed by atoms with Crippen molar-refractivity contribution in [3.8, 4) is 17.2 Å². The van der Waals surface area contributed by atoms with Crippen LogP contribution in [0.2, 0.25) is 0 Å². The van der Waals surface area contributed by atoms with Gasteiger partial charge >= 0.3 is 0 Å². The first-order chi connectivity index (χ1) is 14.0. The Labute approximate surface area is 177 Å². The zero-order chi connectivity index (χ0) is 21.2. The van der Waals surface area contributed by atoms with E-state index in [9.17, 15) is 0 Å². The molecule has 0 atom stereocenters. The third-order valence-electron chi connectivity index (χ3n) is 4.35. The molecular weight excluding hydrogens is 388 g/mol. The average Bonchev–Trinajstić information content (AvgIpc) is 3.20. The zero-order valence-corrected chi connectivity index (χ0v) is 19.0. The summed E-state index contributed by atoms with van der Waals surface area (Å²) < 4.78 is 16.4. The Morgan fingerprint density at radius 1 is 1.10 bits per heavy atom. The van der Waals surface area contributed by atoms with Crippen molar-refractivity contribution in [1.82, 2.24) is 15.6 Å². The molecule has 8 heteroatoms. The summed E-state index contributed by atoms with van der Waals surface area (Å²) in [5, 5.41) is 9.78. The first-order valence-corrected chi connectivity index (χ1v) is 10.7. The van der Waals surface area contributed by atoms with Crippen molar-refractivity contribution in [1.29, 1.82) is 0 Å². The number of aliphatic imine (C=N–C) groups is 1. The second-order valence-corrected chi connectivity index (χ2v) is 7.63. The van der Waals surface area contributed by atoms with Gasteiger partial charge in [0.25, 0.3) is 0 Å². The highest BCUT2D eigenvalue weighted by Gasteiger charge is 2.15. The normalized spacial score (nSPS) is 11.5. The maximum Gasteiger partial charge on any atom is 0.203 e. The average molecular weight is 421 g/mol. The van der Waals surface area contributed by atoms with Crippen molar-refractivity contribution in [2.24, 2.45) is 4.99 Å². The van der Waals surface area contributed by atoms with Gasteiger partial charge in [0.1, 0.15) is 5.01 Å². The molecule has 0 fully saturated rings. The standard InChI is InChI=1S/C21H32N4O3S/c1-7-22-21(24-12-18-25-16(13-29-18)14(2)3)23-11-10-15-8-9-17(26-4)20(28-6)19(15)27-5/h8-9,13-14H,7,10-12H2,1-6H3,(H2,22,23,24). The van der Waals surface area contributed by atoms with Crippen molar-refractivity contribution in [2.75, 3.05) is 34.4 Å². The number of rotatable bonds is 10. The van der Waals surface area contributed by atoms with Gasteiger partial charge in [-0.15, -0.1) is 11.3 Å². The van der Waals surface area contributed by atoms with Gasteiger partial charge in [0, 0.05) is 24.0 Å². The van der Waals surface area contributed by atoms with Crippen molar-refractivity contribution in [2.45, 2.75) is 39.7 Å². The molecule has 0 saturated carbocycles. The minimum atomic E-state index is 0.437. The van der Waals surface area contributed by atoms with Crippen LogP contribution in [-0.4, -0.2) is 45.4 Å². The van der Waals surface area contributed by atoms with E-state index < -0.39 is 0 Å². The Morgan fingerprint density at radius 2 is 1.86 bits per heavy atom. The van der Waals surface area contributed by atoms with Crippen LogP contribution in [0.4, 0.5) is 0 Å². The van der Waals surface area contributed by atoms with E-state index in [2.05, 4.69) is 46.8 Å². The minimum absolute atomic E-state index is 0.437. The monoisotopic (exact) mass is 420 g/mol. The Kier molecular flexibility index (Phi) is 9.05. The van der Waals surface area contributed by atoms with Crippen LogP contribution < -0.4 is 24.8 Å². The molecule has 160 valence electrons. The zero-order valence-electron chi connectivity index (χ0n) is 18.2. The van der Waals surface area contributed by atoms with Crippen LogP contribution >= 0.6 is 11.3 Å². The van der Waals surface area contributed by atoms with Crippen LogP contribution in [0.3, 0.4) is 0 Å². The van der Waals surface area contributed by atoms with Crippen molar-refractivity contribution >= 4 is 17.3 Å². The minimum Gasteiger partial charge on any atom is -0.493 e. The van der Waals surface area contributed by atoms with Crippen LogP contribution in [0.25, 0.3) is 0 Å². The third-order valence-corrected chi connectivity index (χ3v) is 5.20. The maximum atomic E-state index is 5.56. The first-order valence-electron chi connectivity index (χ1n) is 9.78. The second-order valence-electron chi connectivity index (χ2n) is 6.69. The molecule has 2 aromatic rings. The number of hydrogen-bond donors (Lipinski definition) is 2.